The number of hydrogen-bond acceptors (Lipinski definition) is 2. The van der Waals surface area contributed by atoms with Gasteiger partial charge in [0.1, 0.15) is 0 Å². The van der Waals surface area contributed by atoms with E-state index in [9.17, 15) is 5.11 Å². The molecule has 96 valence electrons. The van der Waals surface area contributed by atoms with Gasteiger partial charge in [0.2, 0.25) is 0 Å². The van der Waals surface area contributed by atoms with Crippen LogP contribution in [0.5, 0.6) is 0 Å². The summed E-state index contributed by atoms with van der Waals surface area (Å²) in [6, 6.07) is 0. The molecule has 0 heterocycles. The molecule has 1 fully saturated rings. The summed E-state index contributed by atoms with van der Waals surface area (Å²) in [4.78, 5) is 0. The Bertz CT molecular complexity index is 162. The Hall–Kier alpha value is -0.0800. The van der Waals surface area contributed by atoms with Crippen LogP contribution < -0.4 is 0 Å². The normalized spacial score (nSPS) is 27.9. The Morgan fingerprint density at radius 1 is 1.19 bits per heavy atom. The van der Waals surface area contributed by atoms with Crippen LogP contribution in [0, 0.1) is 11.8 Å². The van der Waals surface area contributed by atoms with Gasteiger partial charge in [0.05, 0.1) is 6.10 Å². The SMILES string of the molecule is CCOCCCC(O)C1CCC(CC)CC1. The first kappa shape index (κ1) is 14.0. The van der Waals surface area contributed by atoms with Crippen LogP contribution in [0.4, 0.5) is 0 Å². The lowest BCUT2D eigenvalue weighted by atomic mass is 9.77. The Kier molecular flexibility index (Phi) is 7.06. The lowest BCUT2D eigenvalue weighted by Gasteiger charge is -2.31. The van der Waals surface area contributed by atoms with Gasteiger partial charge >= 0.3 is 0 Å². The molecule has 1 rings (SSSR count). The van der Waals surface area contributed by atoms with Crippen LogP contribution in [0.2, 0.25) is 0 Å². The van der Waals surface area contributed by atoms with Gasteiger partial charge in [-0.15, -0.1) is 0 Å². The Morgan fingerprint density at radius 2 is 1.88 bits per heavy atom. The number of aliphatic hydroxyl groups excluding tert-OH is 1. The van der Waals surface area contributed by atoms with Crippen molar-refractivity contribution in [3.63, 3.8) is 0 Å². The summed E-state index contributed by atoms with van der Waals surface area (Å²) in [6.45, 7) is 5.89. The predicted octanol–water partition coefficient (Wildman–Crippen LogP) is 3.38. The third-order valence-corrected chi connectivity index (χ3v) is 4.01. The van der Waals surface area contributed by atoms with Crippen molar-refractivity contribution in [1.29, 1.82) is 0 Å². The molecule has 0 aromatic heterocycles. The van der Waals surface area contributed by atoms with E-state index in [0.29, 0.717) is 5.92 Å². The van der Waals surface area contributed by atoms with E-state index in [2.05, 4.69) is 6.92 Å². The van der Waals surface area contributed by atoms with E-state index in [1.807, 2.05) is 6.92 Å². The summed E-state index contributed by atoms with van der Waals surface area (Å²) in [6.07, 6.45) is 8.26. The molecule has 1 N–H and O–H groups in total. The smallest absolute Gasteiger partial charge is 0.0569 e. The summed E-state index contributed by atoms with van der Waals surface area (Å²) in [5, 5.41) is 10.1. The summed E-state index contributed by atoms with van der Waals surface area (Å²) >= 11 is 0. The van der Waals surface area contributed by atoms with E-state index < -0.39 is 0 Å². The molecule has 2 nitrogen and oxygen atoms in total. The average molecular weight is 228 g/mol. The molecule has 0 radical (unpaired) electrons. The Balaban J connectivity index is 2.10. The Morgan fingerprint density at radius 3 is 2.44 bits per heavy atom. The lowest BCUT2D eigenvalue weighted by molar-refractivity contribution is 0.0538. The molecule has 1 aliphatic carbocycles. The van der Waals surface area contributed by atoms with Crippen molar-refractivity contribution in [2.45, 2.75) is 64.9 Å². The van der Waals surface area contributed by atoms with Crippen molar-refractivity contribution in [3.05, 3.63) is 0 Å². The third-order valence-electron chi connectivity index (χ3n) is 4.01. The zero-order chi connectivity index (χ0) is 11.8. The highest BCUT2D eigenvalue weighted by Gasteiger charge is 2.25. The van der Waals surface area contributed by atoms with Crippen molar-refractivity contribution in [3.8, 4) is 0 Å². The van der Waals surface area contributed by atoms with E-state index in [1.54, 1.807) is 0 Å². The van der Waals surface area contributed by atoms with Gasteiger partial charge in [-0.2, -0.15) is 0 Å². The monoisotopic (exact) mass is 228 g/mol. The molecule has 1 atom stereocenters. The summed E-state index contributed by atoms with van der Waals surface area (Å²) in [7, 11) is 0. The summed E-state index contributed by atoms with van der Waals surface area (Å²) < 4.78 is 5.29. The van der Waals surface area contributed by atoms with Crippen LogP contribution in [0.15, 0.2) is 0 Å². The van der Waals surface area contributed by atoms with Crippen molar-refractivity contribution in [2.75, 3.05) is 13.2 Å². The van der Waals surface area contributed by atoms with Crippen molar-refractivity contribution >= 4 is 0 Å². The number of ether oxygens (including phenoxy) is 1. The summed E-state index contributed by atoms with van der Waals surface area (Å²) in [5.74, 6) is 1.48. The number of hydrogen-bond donors (Lipinski definition) is 1. The van der Waals surface area contributed by atoms with Gasteiger partial charge in [-0.1, -0.05) is 26.2 Å². The molecule has 1 unspecified atom stereocenters. The largest absolute Gasteiger partial charge is 0.393 e. The van der Waals surface area contributed by atoms with Gasteiger partial charge in [0.25, 0.3) is 0 Å². The van der Waals surface area contributed by atoms with Crippen LogP contribution in [0.1, 0.15) is 58.8 Å². The number of rotatable bonds is 7. The van der Waals surface area contributed by atoms with Gasteiger partial charge in [0.15, 0.2) is 0 Å². The van der Waals surface area contributed by atoms with Gasteiger partial charge in [0, 0.05) is 13.2 Å². The van der Waals surface area contributed by atoms with Crippen molar-refractivity contribution < 1.29 is 9.84 Å². The second-order valence-electron chi connectivity index (χ2n) is 5.10. The van der Waals surface area contributed by atoms with Gasteiger partial charge < -0.3 is 9.84 Å². The van der Waals surface area contributed by atoms with Crippen LogP contribution in [0.25, 0.3) is 0 Å². The molecule has 0 aromatic carbocycles. The van der Waals surface area contributed by atoms with E-state index in [0.717, 1.165) is 32.0 Å². The van der Waals surface area contributed by atoms with Gasteiger partial charge in [-0.05, 0) is 44.4 Å². The molecule has 0 amide bonds. The first-order valence-corrected chi connectivity index (χ1v) is 7.03. The molecule has 2 heteroatoms. The number of aliphatic hydroxyl groups is 1. The first-order valence-electron chi connectivity index (χ1n) is 7.03. The zero-order valence-corrected chi connectivity index (χ0v) is 11.0. The summed E-state index contributed by atoms with van der Waals surface area (Å²) in [5.41, 5.74) is 0. The Labute approximate surface area is 100 Å². The molecule has 16 heavy (non-hydrogen) atoms. The van der Waals surface area contributed by atoms with Crippen molar-refractivity contribution in [2.24, 2.45) is 11.8 Å². The quantitative estimate of drug-likeness (QED) is 0.677. The molecule has 0 saturated heterocycles. The van der Waals surface area contributed by atoms with Gasteiger partial charge in [-0.25, -0.2) is 0 Å². The van der Waals surface area contributed by atoms with E-state index in [1.165, 1.54) is 32.1 Å². The minimum absolute atomic E-state index is 0.0849. The van der Waals surface area contributed by atoms with E-state index >= 15 is 0 Å². The maximum atomic E-state index is 10.1. The fourth-order valence-corrected chi connectivity index (χ4v) is 2.76. The lowest BCUT2D eigenvalue weighted by Crippen LogP contribution is -2.25. The molecule has 0 spiro atoms. The standard InChI is InChI=1S/C14H28O2/c1-3-12-7-9-13(10-8-12)14(15)6-5-11-16-4-2/h12-15H,3-11H2,1-2H3. The van der Waals surface area contributed by atoms with Crippen LogP contribution in [-0.4, -0.2) is 24.4 Å². The molecule has 0 aliphatic heterocycles. The van der Waals surface area contributed by atoms with Crippen molar-refractivity contribution in [1.82, 2.24) is 0 Å². The second-order valence-corrected chi connectivity index (χ2v) is 5.10. The topological polar surface area (TPSA) is 29.5 Å². The average Bonchev–Trinajstić information content (AvgIpc) is 2.34. The molecular weight excluding hydrogens is 200 g/mol. The van der Waals surface area contributed by atoms with Crippen LogP contribution >= 0.6 is 0 Å². The van der Waals surface area contributed by atoms with E-state index in [-0.39, 0.29) is 6.10 Å². The molecule has 0 aromatic rings. The minimum Gasteiger partial charge on any atom is -0.393 e. The molecule has 1 aliphatic rings. The highest BCUT2D eigenvalue weighted by molar-refractivity contribution is 4.76. The van der Waals surface area contributed by atoms with E-state index in [4.69, 9.17) is 4.74 Å². The van der Waals surface area contributed by atoms with Crippen LogP contribution in [-0.2, 0) is 4.74 Å². The molecule has 0 bridgehead atoms. The highest BCUT2D eigenvalue weighted by Crippen LogP contribution is 2.33. The first-order chi connectivity index (χ1) is 7.77. The predicted molar refractivity (Wildman–Crippen MR) is 67.5 cm³/mol. The minimum atomic E-state index is -0.0849. The third kappa shape index (κ3) is 4.84. The molecular formula is C14H28O2. The highest BCUT2D eigenvalue weighted by atomic mass is 16.5. The zero-order valence-electron chi connectivity index (χ0n) is 11.0. The second kappa shape index (κ2) is 8.08. The fraction of sp³-hybridized carbons (Fsp3) is 1.00. The van der Waals surface area contributed by atoms with Gasteiger partial charge in [-0.3, -0.25) is 0 Å². The molecule has 1 saturated carbocycles. The fourth-order valence-electron chi connectivity index (χ4n) is 2.76. The maximum absolute atomic E-state index is 10.1. The van der Waals surface area contributed by atoms with Crippen LogP contribution in [0.3, 0.4) is 0 Å². The maximum Gasteiger partial charge on any atom is 0.0569 e.